The molecule has 0 saturated carbocycles. The number of carbonyl (C=O) groups excluding carboxylic acids is 1. The van der Waals surface area contributed by atoms with Gasteiger partial charge in [0.15, 0.2) is 0 Å². The molecule has 100 valence electrons. The van der Waals surface area contributed by atoms with Crippen molar-refractivity contribution >= 4 is 5.91 Å². The van der Waals surface area contributed by atoms with Crippen molar-refractivity contribution in [2.75, 3.05) is 6.61 Å². The summed E-state index contributed by atoms with van der Waals surface area (Å²) < 4.78 is 0. The molecule has 1 atom stereocenters. The molecule has 0 aliphatic heterocycles. The average Bonchev–Trinajstić information content (AvgIpc) is 2.30. The zero-order chi connectivity index (χ0) is 13.7. The van der Waals surface area contributed by atoms with Gasteiger partial charge in [0.05, 0.1) is 6.61 Å². The van der Waals surface area contributed by atoms with Crippen LogP contribution >= 0.6 is 0 Å². The molecule has 0 bridgehead atoms. The molecule has 1 rings (SSSR count). The van der Waals surface area contributed by atoms with E-state index in [4.69, 9.17) is 5.73 Å². The SMILES string of the molecule is Cc1cc(C(N)=O)ccc1CN[C@H](CO)C(C)C. The number of hydrogen-bond acceptors (Lipinski definition) is 3. The van der Waals surface area contributed by atoms with Gasteiger partial charge in [-0.25, -0.2) is 0 Å². The van der Waals surface area contributed by atoms with Gasteiger partial charge in [0.25, 0.3) is 0 Å². The third-order valence-corrected chi connectivity index (χ3v) is 3.18. The summed E-state index contributed by atoms with van der Waals surface area (Å²) in [5, 5.41) is 12.5. The van der Waals surface area contributed by atoms with Gasteiger partial charge in [0.1, 0.15) is 0 Å². The third kappa shape index (κ3) is 3.82. The summed E-state index contributed by atoms with van der Waals surface area (Å²) in [6.45, 7) is 6.88. The van der Waals surface area contributed by atoms with Crippen molar-refractivity contribution in [1.29, 1.82) is 0 Å². The summed E-state index contributed by atoms with van der Waals surface area (Å²) in [5.74, 6) is -0.0341. The Morgan fingerprint density at radius 3 is 2.56 bits per heavy atom. The van der Waals surface area contributed by atoms with Gasteiger partial charge in [-0.1, -0.05) is 19.9 Å². The number of aryl methyl sites for hydroxylation is 1. The third-order valence-electron chi connectivity index (χ3n) is 3.18. The minimum atomic E-state index is -0.409. The van der Waals surface area contributed by atoms with E-state index in [9.17, 15) is 9.90 Å². The molecule has 4 heteroatoms. The second-order valence-corrected chi connectivity index (χ2v) is 4.92. The lowest BCUT2D eigenvalue weighted by Crippen LogP contribution is -2.36. The number of hydrogen-bond donors (Lipinski definition) is 3. The summed E-state index contributed by atoms with van der Waals surface area (Å²) in [6, 6.07) is 5.51. The largest absolute Gasteiger partial charge is 0.395 e. The normalized spacial score (nSPS) is 12.7. The lowest BCUT2D eigenvalue weighted by atomic mass is 10.0. The van der Waals surface area contributed by atoms with Crippen molar-refractivity contribution < 1.29 is 9.90 Å². The van der Waals surface area contributed by atoms with Crippen LogP contribution < -0.4 is 11.1 Å². The van der Waals surface area contributed by atoms with Gasteiger partial charge in [0, 0.05) is 18.2 Å². The summed E-state index contributed by atoms with van der Waals surface area (Å²) in [4.78, 5) is 11.0. The maximum absolute atomic E-state index is 11.0. The van der Waals surface area contributed by atoms with E-state index in [0.717, 1.165) is 11.1 Å². The smallest absolute Gasteiger partial charge is 0.248 e. The number of rotatable bonds is 6. The molecule has 0 heterocycles. The Morgan fingerprint density at radius 1 is 1.44 bits per heavy atom. The maximum atomic E-state index is 11.0. The Balaban J connectivity index is 2.71. The number of benzene rings is 1. The van der Waals surface area contributed by atoms with E-state index in [2.05, 4.69) is 19.2 Å². The van der Waals surface area contributed by atoms with E-state index in [-0.39, 0.29) is 12.6 Å². The molecule has 0 spiro atoms. The average molecular weight is 250 g/mol. The number of aliphatic hydroxyl groups excluding tert-OH is 1. The lowest BCUT2D eigenvalue weighted by molar-refractivity contribution is 0.1000. The first-order valence-corrected chi connectivity index (χ1v) is 6.19. The van der Waals surface area contributed by atoms with Crippen molar-refractivity contribution in [3.05, 3.63) is 34.9 Å². The summed E-state index contributed by atoms with van der Waals surface area (Å²) in [7, 11) is 0. The number of primary amides is 1. The zero-order valence-electron chi connectivity index (χ0n) is 11.2. The van der Waals surface area contributed by atoms with Crippen LogP contribution in [0.2, 0.25) is 0 Å². The van der Waals surface area contributed by atoms with Crippen LogP contribution in [-0.2, 0) is 6.54 Å². The van der Waals surface area contributed by atoms with E-state index < -0.39 is 5.91 Å². The van der Waals surface area contributed by atoms with Crippen LogP contribution in [0.25, 0.3) is 0 Å². The molecule has 0 fully saturated rings. The predicted octanol–water partition coefficient (Wildman–Crippen LogP) is 1.20. The zero-order valence-corrected chi connectivity index (χ0v) is 11.2. The molecule has 0 radical (unpaired) electrons. The molecule has 4 N–H and O–H groups in total. The van der Waals surface area contributed by atoms with Crippen LogP contribution in [-0.4, -0.2) is 23.7 Å². The fourth-order valence-electron chi connectivity index (χ4n) is 1.80. The molecule has 4 nitrogen and oxygen atoms in total. The molecule has 0 aliphatic carbocycles. The van der Waals surface area contributed by atoms with Crippen LogP contribution in [0.3, 0.4) is 0 Å². The van der Waals surface area contributed by atoms with Crippen molar-refractivity contribution in [3.8, 4) is 0 Å². The van der Waals surface area contributed by atoms with Crippen LogP contribution in [0, 0.1) is 12.8 Å². The maximum Gasteiger partial charge on any atom is 0.248 e. The molecule has 0 unspecified atom stereocenters. The number of amides is 1. The van der Waals surface area contributed by atoms with E-state index in [1.807, 2.05) is 13.0 Å². The predicted molar refractivity (Wildman–Crippen MR) is 72.2 cm³/mol. The van der Waals surface area contributed by atoms with Crippen LogP contribution in [0.1, 0.15) is 35.3 Å². The first-order valence-electron chi connectivity index (χ1n) is 6.19. The highest BCUT2D eigenvalue weighted by Crippen LogP contribution is 2.12. The molecule has 1 amide bonds. The van der Waals surface area contributed by atoms with Gasteiger partial charge in [-0.3, -0.25) is 4.79 Å². The van der Waals surface area contributed by atoms with Crippen LogP contribution in [0.15, 0.2) is 18.2 Å². The van der Waals surface area contributed by atoms with E-state index >= 15 is 0 Å². The Bertz CT molecular complexity index is 416. The van der Waals surface area contributed by atoms with Crippen molar-refractivity contribution in [3.63, 3.8) is 0 Å². The number of carbonyl (C=O) groups is 1. The molecule has 1 aromatic rings. The highest BCUT2D eigenvalue weighted by Gasteiger charge is 2.12. The van der Waals surface area contributed by atoms with E-state index in [0.29, 0.717) is 18.0 Å². The minimum absolute atomic E-state index is 0.0835. The first-order chi connectivity index (χ1) is 8.45. The van der Waals surface area contributed by atoms with Gasteiger partial charge in [-0.05, 0) is 36.1 Å². The molecule has 0 aliphatic rings. The highest BCUT2D eigenvalue weighted by molar-refractivity contribution is 5.93. The summed E-state index contributed by atoms with van der Waals surface area (Å²) in [5.41, 5.74) is 7.89. The Hall–Kier alpha value is -1.39. The Labute approximate surface area is 108 Å². The van der Waals surface area contributed by atoms with Gasteiger partial charge >= 0.3 is 0 Å². The topological polar surface area (TPSA) is 75.4 Å². The molecular weight excluding hydrogens is 228 g/mol. The second kappa shape index (κ2) is 6.52. The monoisotopic (exact) mass is 250 g/mol. The lowest BCUT2D eigenvalue weighted by Gasteiger charge is -2.20. The Morgan fingerprint density at radius 2 is 2.11 bits per heavy atom. The molecule has 0 aromatic heterocycles. The van der Waals surface area contributed by atoms with E-state index in [1.165, 1.54) is 0 Å². The minimum Gasteiger partial charge on any atom is -0.395 e. The van der Waals surface area contributed by atoms with Crippen LogP contribution in [0.4, 0.5) is 0 Å². The molecule has 0 saturated heterocycles. The van der Waals surface area contributed by atoms with Gasteiger partial charge in [0.2, 0.25) is 5.91 Å². The number of nitrogens with two attached hydrogens (primary N) is 1. The van der Waals surface area contributed by atoms with Crippen molar-refractivity contribution in [1.82, 2.24) is 5.32 Å². The first kappa shape index (κ1) is 14.7. The van der Waals surface area contributed by atoms with E-state index in [1.54, 1.807) is 12.1 Å². The fourth-order valence-corrected chi connectivity index (χ4v) is 1.80. The second-order valence-electron chi connectivity index (χ2n) is 4.92. The standard InChI is InChI=1S/C14H22N2O2/c1-9(2)13(8-17)16-7-12-5-4-11(14(15)18)6-10(12)3/h4-6,9,13,16-17H,7-8H2,1-3H3,(H2,15,18)/t13-/m1/s1. The van der Waals surface area contributed by atoms with Crippen LogP contribution in [0.5, 0.6) is 0 Å². The van der Waals surface area contributed by atoms with Gasteiger partial charge < -0.3 is 16.2 Å². The number of nitrogens with one attached hydrogen (secondary N) is 1. The molecular formula is C14H22N2O2. The van der Waals surface area contributed by atoms with Crippen molar-refractivity contribution in [2.45, 2.75) is 33.4 Å². The molecule has 1 aromatic carbocycles. The molecule has 18 heavy (non-hydrogen) atoms. The summed E-state index contributed by atoms with van der Waals surface area (Å²) in [6.07, 6.45) is 0. The quantitative estimate of drug-likeness (QED) is 0.710. The van der Waals surface area contributed by atoms with Gasteiger partial charge in [-0.2, -0.15) is 0 Å². The van der Waals surface area contributed by atoms with Gasteiger partial charge in [-0.15, -0.1) is 0 Å². The summed E-state index contributed by atoms with van der Waals surface area (Å²) >= 11 is 0. The highest BCUT2D eigenvalue weighted by atomic mass is 16.3. The number of aliphatic hydroxyl groups is 1. The Kier molecular flexibility index (Phi) is 5.31. The van der Waals surface area contributed by atoms with Crippen molar-refractivity contribution in [2.24, 2.45) is 11.7 Å². The fraction of sp³-hybridized carbons (Fsp3) is 0.500.